The lowest BCUT2D eigenvalue weighted by Crippen LogP contribution is -2.17. The minimum atomic E-state index is 0.405. The number of hydrogen-bond acceptors (Lipinski definition) is 2. The minimum absolute atomic E-state index is 0.405. The molecule has 1 atom stereocenters. The Kier molecular flexibility index (Phi) is 3.75. The highest BCUT2D eigenvalue weighted by molar-refractivity contribution is 5.66. The fraction of sp³-hybridized carbons (Fsp3) is 0.333. The lowest BCUT2D eigenvalue weighted by Gasteiger charge is -2.13. The molecule has 1 aliphatic heterocycles. The molecule has 3 rings (SSSR count). The summed E-state index contributed by atoms with van der Waals surface area (Å²) in [5, 5.41) is 3.44. The molecular formula is C18H21NO. The summed E-state index contributed by atoms with van der Waals surface area (Å²) < 4.78 is 5.56. The number of nitrogens with one attached hydrogen (secondary N) is 1. The van der Waals surface area contributed by atoms with Gasteiger partial charge in [-0.05, 0) is 47.9 Å². The van der Waals surface area contributed by atoms with Crippen LogP contribution < -0.4 is 10.1 Å². The predicted octanol–water partition coefficient (Wildman–Crippen LogP) is 3.96. The minimum Gasteiger partial charge on any atom is -0.493 e. The fourth-order valence-electron chi connectivity index (χ4n) is 2.75. The molecule has 2 heteroatoms. The number of benzene rings is 2. The second kappa shape index (κ2) is 5.68. The maximum Gasteiger partial charge on any atom is 0.122 e. The fourth-order valence-corrected chi connectivity index (χ4v) is 2.75. The lowest BCUT2D eigenvalue weighted by molar-refractivity contribution is 0.357. The van der Waals surface area contributed by atoms with Gasteiger partial charge in [-0.15, -0.1) is 0 Å². The van der Waals surface area contributed by atoms with E-state index in [0.717, 1.165) is 25.3 Å². The highest BCUT2D eigenvalue weighted by Crippen LogP contribution is 2.30. The van der Waals surface area contributed by atoms with E-state index >= 15 is 0 Å². The second-order valence-electron chi connectivity index (χ2n) is 5.32. The van der Waals surface area contributed by atoms with Crippen molar-refractivity contribution in [3.8, 4) is 16.9 Å². The number of rotatable bonds is 4. The first-order valence-electron chi connectivity index (χ1n) is 7.37. The molecule has 2 aromatic carbocycles. The molecule has 2 nitrogen and oxygen atoms in total. The van der Waals surface area contributed by atoms with Crippen LogP contribution in [0, 0.1) is 0 Å². The number of fused-ring (bicyclic) bond motifs is 1. The van der Waals surface area contributed by atoms with Crippen LogP contribution in [0.3, 0.4) is 0 Å². The third-order valence-electron chi connectivity index (χ3n) is 3.94. The normalized spacial score (nSPS) is 14.7. The third-order valence-corrected chi connectivity index (χ3v) is 3.94. The molecule has 1 unspecified atom stereocenters. The second-order valence-corrected chi connectivity index (χ2v) is 5.32. The van der Waals surface area contributed by atoms with Gasteiger partial charge in [0.15, 0.2) is 0 Å². The molecule has 0 saturated carbocycles. The largest absolute Gasteiger partial charge is 0.493 e. The first-order chi connectivity index (χ1) is 9.78. The van der Waals surface area contributed by atoms with Crippen molar-refractivity contribution < 1.29 is 4.74 Å². The molecule has 20 heavy (non-hydrogen) atoms. The third kappa shape index (κ3) is 2.56. The van der Waals surface area contributed by atoms with Gasteiger partial charge < -0.3 is 10.1 Å². The van der Waals surface area contributed by atoms with Crippen LogP contribution in [-0.4, -0.2) is 13.2 Å². The summed E-state index contributed by atoms with van der Waals surface area (Å²) >= 11 is 0. The summed E-state index contributed by atoms with van der Waals surface area (Å²) in [6, 6.07) is 15.7. The van der Waals surface area contributed by atoms with Crippen LogP contribution in [0.1, 0.15) is 31.0 Å². The van der Waals surface area contributed by atoms with Crippen LogP contribution in [-0.2, 0) is 6.42 Å². The quantitative estimate of drug-likeness (QED) is 0.905. The van der Waals surface area contributed by atoms with Gasteiger partial charge in [-0.1, -0.05) is 37.3 Å². The molecule has 1 aliphatic rings. The van der Waals surface area contributed by atoms with E-state index in [1.807, 2.05) is 0 Å². The molecule has 0 bridgehead atoms. The molecule has 0 saturated heterocycles. The SMILES string of the molecule is CCNC(C)c1ccc(-c2ccc3c(c2)CCO3)cc1. The van der Waals surface area contributed by atoms with E-state index < -0.39 is 0 Å². The maximum atomic E-state index is 5.56. The Hall–Kier alpha value is -1.80. The first-order valence-corrected chi connectivity index (χ1v) is 7.37. The van der Waals surface area contributed by atoms with Gasteiger partial charge >= 0.3 is 0 Å². The van der Waals surface area contributed by atoms with Crippen molar-refractivity contribution in [3.63, 3.8) is 0 Å². The number of ether oxygens (including phenoxy) is 1. The highest BCUT2D eigenvalue weighted by atomic mass is 16.5. The Balaban J connectivity index is 1.84. The molecule has 0 spiro atoms. The van der Waals surface area contributed by atoms with E-state index in [4.69, 9.17) is 4.74 Å². The van der Waals surface area contributed by atoms with Crippen LogP contribution >= 0.6 is 0 Å². The van der Waals surface area contributed by atoms with E-state index in [1.165, 1.54) is 22.3 Å². The van der Waals surface area contributed by atoms with Gasteiger partial charge in [0.1, 0.15) is 5.75 Å². The van der Waals surface area contributed by atoms with Gasteiger partial charge in [-0.3, -0.25) is 0 Å². The molecule has 104 valence electrons. The Morgan fingerprint density at radius 2 is 1.85 bits per heavy atom. The average Bonchev–Trinajstić information content (AvgIpc) is 2.95. The Morgan fingerprint density at radius 1 is 1.10 bits per heavy atom. The summed E-state index contributed by atoms with van der Waals surface area (Å²) in [7, 11) is 0. The van der Waals surface area contributed by atoms with Crippen molar-refractivity contribution in [1.82, 2.24) is 5.32 Å². The molecule has 0 amide bonds. The summed E-state index contributed by atoms with van der Waals surface area (Å²) in [5.41, 5.74) is 5.21. The van der Waals surface area contributed by atoms with E-state index in [9.17, 15) is 0 Å². The molecule has 0 fully saturated rings. The van der Waals surface area contributed by atoms with E-state index in [0.29, 0.717) is 6.04 Å². The van der Waals surface area contributed by atoms with Gasteiger partial charge in [0.2, 0.25) is 0 Å². The van der Waals surface area contributed by atoms with Crippen molar-refractivity contribution in [2.45, 2.75) is 26.3 Å². The van der Waals surface area contributed by atoms with Crippen molar-refractivity contribution in [2.75, 3.05) is 13.2 Å². The Morgan fingerprint density at radius 3 is 2.60 bits per heavy atom. The average molecular weight is 267 g/mol. The highest BCUT2D eigenvalue weighted by Gasteiger charge is 2.12. The van der Waals surface area contributed by atoms with Gasteiger partial charge in [-0.2, -0.15) is 0 Å². The van der Waals surface area contributed by atoms with E-state index in [1.54, 1.807) is 0 Å². The van der Waals surface area contributed by atoms with E-state index in [2.05, 4.69) is 61.6 Å². The molecule has 0 radical (unpaired) electrons. The molecule has 1 heterocycles. The first kappa shape index (κ1) is 13.2. The Labute approximate surface area is 120 Å². The monoisotopic (exact) mass is 267 g/mol. The zero-order valence-corrected chi connectivity index (χ0v) is 12.1. The van der Waals surface area contributed by atoms with Crippen LogP contribution in [0.2, 0.25) is 0 Å². The van der Waals surface area contributed by atoms with Gasteiger partial charge in [0, 0.05) is 12.5 Å². The summed E-state index contributed by atoms with van der Waals surface area (Å²) in [6.45, 7) is 6.15. The molecule has 2 aromatic rings. The topological polar surface area (TPSA) is 21.3 Å². The summed E-state index contributed by atoms with van der Waals surface area (Å²) in [5.74, 6) is 1.05. The summed E-state index contributed by atoms with van der Waals surface area (Å²) in [4.78, 5) is 0. The van der Waals surface area contributed by atoms with Crippen molar-refractivity contribution >= 4 is 0 Å². The Bertz CT molecular complexity index is 589. The molecule has 1 N–H and O–H groups in total. The van der Waals surface area contributed by atoms with Gasteiger partial charge in [0.25, 0.3) is 0 Å². The van der Waals surface area contributed by atoms with Crippen molar-refractivity contribution in [1.29, 1.82) is 0 Å². The maximum absolute atomic E-state index is 5.56. The van der Waals surface area contributed by atoms with E-state index in [-0.39, 0.29) is 0 Å². The molecular weight excluding hydrogens is 246 g/mol. The van der Waals surface area contributed by atoms with Crippen LogP contribution in [0.15, 0.2) is 42.5 Å². The molecule has 0 aliphatic carbocycles. The van der Waals surface area contributed by atoms with Crippen LogP contribution in [0.25, 0.3) is 11.1 Å². The summed E-state index contributed by atoms with van der Waals surface area (Å²) in [6.07, 6.45) is 1.03. The lowest BCUT2D eigenvalue weighted by atomic mass is 9.99. The standard InChI is InChI=1S/C18H21NO/c1-3-19-13(2)14-4-6-15(7-5-14)16-8-9-18-17(12-16)10-11-20-18/h4-9,12-13,19H,3,10-11H2,1-2H3. The predicted molar refractivity (Wildman–Crippen MR) is 83.2 cm³/mol. The smallest absolute Gasteiger partial charge is 0.122 e. The van der Waals surface area contributed by atoms with Crippen LogP contribution in [0.5, 0.6) is 5.75 Å². The van der Waals surface area contributed by atoms with Gasteiger partial charge in [-0.25, -0.2) is 0 Å². The zero-order chi connectivity index (χ0) is 13.9. The van der Waals surface area contributed by atoms with Crippen molar-refractivity contribution in [2.24, 2.45) is 0 Å². The number of hydrogen-bond donors (Lipinski definition) is 1. The molecule has 0 aromatic heterocycles. The van der Waals surface area contributed by atoms with Crippen LogP contribution in [0.4, 0.5) is 0 Å². The van der Waals surface area contributed by atoms with Gasteiger partial charge in [0.05, 0.1) is 6.61 Å². The zero-order valence-electron chi connectivity index (χ0n) is 12.1. The van der Waals surface area contributed by atoms with Crippen molar-refractivity contribution in [3.05, 3.63) is 53.6 Å².